The minimum absolute atomic E-state index is 0.376. The van der Waals surface area contributed by atoms with Gasteiger partial charge < -0.3 is 0 Å². The predicted molar refractivity (Wildman–Crippen MR) is 70.1 cm³/mol. The number of hydrogen-bond donors (Lipinski definition) is 0. The first kappa shape index (κ1) is 12.1. The van der Waals surface area contributed by atoms with Crippen LogP contribution < -0.4 is 0 Å². The predicted octanol–water partition coefficient (Wildman–Crippen LogP) is 3.31. The maximum absolute atomic E-state index is 11.9. The molecule has 0 heterocycles. The number of carbonyl (C=O) groups is 2. The summed E-state index contributed by atoms with van der Waals surface area (Å²) in [6.07, 6.45) is 5.10. The van der Waals surface area contributed by atoms with Gasteiger partial charge in [0.15, 0.2) is 0 Å². The third kappa shape index (κ3) is 1.96. The second-order valence-corrected chi connectivity index (χ2v) is 6.76. The van der Waals surface area contributed by atoms with Crippen LogP contribution in [0.4, 0.5) is 0 Å². The smallest absolute Gasteiger partial charge is 0.133 e. The molecular weight excluding hydrogens is 224 g/mol. The summed E-state index contributed by atoms with van der Waals surface area (Å²) in [5.41, 5.74) is 2.92. The highest BCUT2D eigenvalue weighted by molar-refractivity contribution is 5.84. The Morgan fingerprint density at radius 2 is 1.17 bits per heavy atom. The van der Waals surface area contributed by atoms with E-state index in [2.05, 4.69) is 13.8 Å². The summed E-state index contributed by atoms with van der Waals surface area (Å²) in [6, 6.07) is 0. The van der Waals surface area contributed by atoms with E-state index in [-0.39, 0.29) is 0 Å². The molecule has 0 bridgehead atoms. The fourth-order valence-corrected chi connectivity index (χ4v) is 4.65. The van der Waals surface area contributed by atoms with Crippen LogP contribution >= 0.6 is 0 Å². The number of Topliss-reactive ketones (excluding diaryl/α,β-unsaturated/α-hetero) is 2. The van der Waals surface area contributed by atoms with Crippen molar-refractivity contribution in [3.8, 4) is 0 Å². The molecule has 3 rings (SSSR count). The van der Waals surface area contributed by atoms with Gasteiger partial charge in [-0.1, -0.05) is 11.1 Å². The van der Waals surface area contributed by atoms with Crippen molar-refractivity contribution in [2.24, 2.45) is 23.7 Å². The summed E-state index contributed by atoms with van der Waals surface area (Å²) in [5.74, 6) is 2.89. The number of hydrogen-bond acceptors (Lipinski definition) is 2. The monoisotopic (exact) mass is 246 g/mol. The third-order valence-corrected chi connectivity index (χ3v) is 5.32. The molecule has 0 aromatic heterocycles. The maximum atomic E-state index is 11.9. The van der Waals surface area contributed by atoms with Crippen molar-refractivity contribution >= 4 is 11.6 Å². The minimum Gasteiger partial charge on any atom is -0.300 e. The zero-order valence-electron chi connectivity index (χ0n) is 11.4. The molecule has 18 heavy (non-hydrogen) atoms. The van der Waals surface area contributed by atoms with E-state index in [1.54, 1.807) is 0 Å². The van der Waals surface area contributed by atoms with Gasteiger partial charge in [0, 0.05) is 25.7 Å². The van der Waals surface area contributed by atoms with Crippen LogP contribution in [0, 0.1) is 23.7 Å². The Kier molecular flexibility index (Phi) is 2.91. The first-order chi connectivity index (χ1) is 8.54. The second-order valence-electron chi connectivity index (χ2n) is 6.76. The summed E-state index contributed by atoms with van der Waals surface area (Å²) in [5, 5.41) is 0. The number of ketones is 2. The van der Waals surface area contributed by atoms with Crippen molar-refractivity contribution in [1.82, 2.24) is 0 Å². The zero-order chi connectivity index (χ0) is 12.9. The first-order valence-electron chi connectivity index (χ1n) is 7.23. The molecule has 98 valence electrons. The van der Waals surface area contributed by atoms with Crippen molar-refractivity contribution in [1.29, 1.82) is 0 Å². The molecule has 3 aliphatic carbocycles. The molecule has 0 amide bonds. The van der Waals surface area contributed by atoms with Gasteiger partial charge in [-0.2, -0.15) is 0 Å². The lowest BCUT2D eigenvalue weighted by Crippen LogP contribution is -2.45. The molecule has 0 aromatic carbocycles. The highest BCUT2D eigenvalue weighted by atomic mass is 16.1. The van der Waals surface area contributed by atoms with Crippen molar-refractivity contribution in [2.75, 3.05) is 0 Å². The highest BCUT2D eigenvalue weighted by Crippen LogP contribution is 2.52. The van der Waals surface area contributed by atoms with Gasteiger partial charge in [0.05, 0.1) is 0 Å². The molecule has 0 radical (unpaired) electrons. The molecule has 4 atom stereocenters. The number of allylic oxidation sites excluding steroid dienone is 2. The van der Waals surface area contributed by atoms with E-state index in [4.69, 9.17) is 0 Å². The van der Waals surface area contributed by atoms with Gasteiger partial charge in [-0.3, -0.25) is 9.59 Å². The summed E-state index contributed by atoms with van der Waals surface area (Å²) in [4.78, 5) is 23.7. The van der Waals surface area contributed by atoms with Crippen molar-refractivity contribution in [3.63, 3.8) is 0 Å². The number of carbonyl (C=O) groups excluding carboxylic acids is 2. The van der Waals surface area contributed by atoms with Crippen molar-refractivity contribution in [3.05, 3.63) is 11.1 Å². The Morgan fingerprint density at radius 1 is 0.778 bits per heavy atom. The Labute approximate surface area is 109 Å². The third-order valence-electron chi connectivity index (χ3n) is 5.32. The van der Waals surface area contributed by atoms with Crippen LogP contribution in [-0.4, -0.2) is 11.6 Å². The van der Waals surface area contributed by atoms with Crippen LogP contribution in [0.5, 0.6) is 0 Å². The molecule has 0 saturated heterocycles. The van der Waals surface area contributed by atoms with Crippen LogP contribution in [0.3, 0.4) is 0 Å². The van der Waals surface area contributed by atoms with Gasteiger partial charge in [0.1, 0.15) is 11.6 Å². The summed E-state index contributed by atoms with van der Waals surface area (Å²) in [6.45, 7) is 4.34. The largest absolute Gasteiger partial charge is 0.300 e. The van der Waals surface area contributed by atoms with Gasteiger partial charge >= 0.3 is 0 Å². The van der Waals surface area contributed by atoms with E-state index in [1.165, 1.54) is 11.1 Å². The lowest BCUT2D eigenvalue weighted by molar-refractivity contribution is -0.134. The fraction of sp³-hybridized carbons (Fsp3) is 0.750. The van der Waals surface area contributed by atoms with Crippen LogP contribution in [0.1, 0.15) is 52.4 Å². The number of rotatable bonds is 0. The molecule has 2 nitrogen and oxygen atoms in total. The SMILES string of the molecule is CC(C)=C1C[C@H]2CC(=O)CC3CC(=O)C[C@@H](C1)C32. The van der Waals surface area contributed by atoms with E-state index in [9.17, 15) is 9.59 Å². The molecule has 3 aliphatic rings. The molecule has 2 heteroatoms. The molecular formula is C16H22O2. The van der Waals surface area contributed by atoms with Gasteiger partial charge in [0.2, 0.25) is 0 Å². The van der Waals surface area contributed by atoms with Gasteiger partial charge in [-0.15, -0.1) is 0 Å². The first-order valence-corrected chi connectivity index (χ1v) is 7.23. The van der Waals surface area contributed by atoms with Crippen LogP contribution in [0.25, 0.3) is 0 Å². The topological polar surface area (TPSA) is 34.1 Å². The molecule has 0 aromatic rings. The summed E-state index contributed by atoms with van der Waals surface area (Å²) >= 11 is 0. The fourth-order valence-electron chi connectivity index (χ4n) is 4.65. The van der Waals surface area contributed by atoms with Crippen molar-refractivity contribution in [2.45, 2.75) is 52.4 Å². The van der Waals surface area contributed by atoms with Gasteiger partial charge in [0.25, 0.3) is 0 Å². The normalized spacial score (nSPS) is 39.6. The average molecular weight is 246 g/mol. The van der Waals surface area contributed by atoms with Crippen LogP contribution in [0.15, 0.2) is 11.1 Å². The lowest BCUT2D eigenvalue weighted by atomic mass is 9.55. The van der Waals surface area contributed by atoms with Crippen molar-refractivity contribution < 1.29 is 9.59 Å². The standard InChI is InChI=1S/C16H22O2/c1-9(2)10-3-11-5-14(17)7-13-8-15(18)6-12(4-10)16(11)13/h11-13,16H,3-8H2,1-2H3/t11-,12+,13?,16?. The quantitative estimate of drug-likeness (QED) is 0.614. The average Bonchev–Trinajstić information content (AvgIpc) is 2.26. The van der Waals surface area contributed by atoms with Crippen LogP contribution in [-0.2, 0) is 9.59 Å². The minimum atomic E-state index is 0.376. The lowest BCUT2D eigenvalue weighted by Gasteiger charge is -2.49. The molecule has 0 spiro atoms. The molecule has 0 aliphatic heterocycles. The Bertz CT molecular complexity index is 396. The van der Waals surface area contributed by atoms with E-state index in [0.29, 0.717) is 48.1 Å². The maximum Gasteiger partial charge on any atom is 0.133 e. The van der Waals surface area contributed by atoms with Gasteiger partial charge in [-0.25, -0.2) is 0 Å². The Morgan fingerprint density at radius 3 is 1.56 bits per heavy atom. The van der Waals surface area contributed by atoms with Gasteiger partial charge in [-0.05, 0) is 50.4 Å². The highest BCUT2D eigenvalue weighted by Gasteiger charge is 2.48. The Balaban J connectivity index is 1.93. The molecule has 0 N–H and O–H groups in total. The van der Waals surface area contributed by atoms with E-state index in [1.807, 2.05) is 0 Å². The molecule has 3 saturated carbocycles. The molecule has 2 unspecified atom stereocenters. The second kappa shape index (κ2) is 4.32. The van der Waals surface area contributed by atoms with E-state index in [0.717, 1.165) is 25.7 Å². The van der Waals surface area contributed by atoms with E-state index >= 15 is 0 Å². The summed E-state index contributed by atoms with van der Waals surface area (Å²) < 4.78 is 0. The van der Waals surface area contributed by atoms with E-state index < -0.39 is 0 Å². The van der Waals surface area contributed by atoms with Crippen LogP contribution in [0.2, 0.25) is 0 Å². The summed E-state index contributed by atoms with van der Waals surface area (Å²) in [7, 11) is 0. The molecule has 3 fully saturated rings. The zero-order valence-corrected chi connectivity index (χ0v) is 11.4. The Hall–Kier alpha value is -0.920.